The largest absolute Gasteiger partial charge is 0.494 e. The molecule has 3 nitrogen and oxygen atoms in total. The minimum atomic E-state index is 0.781. The van der Waals surface area contributed by atoms with Crippen molar-refractivity contribution >= 4 is 0 Å². The van der Waals surface area contributed by atoms with E-state index in [1.807, 2.05) is 64.1 Å². The van der Waals surface area contributed by atoms with Gasteiger partial charge in [0.25, 0.3) is 0 Å². The summed E-state index contributed by atoms with van der Waals surface area (Å²) in [6.07, 6.45) is 5.97. The Morgan fingerprint density at radius 2 is 1.62 bits per heavy atom. The molecule has 0 aliphatic carbocycles. The second-order valence-electron chi connectivity index (χ2n) is 3.96. The Hall–Kier alpha value is -1.77. The van der Waals surface area contributed by atoms with Crippen molar-refractivity contribution < 1.29 is 9.26 Å². The van der Waals surface area contributed by atoms with Crippen LogP contribution in [0.1, 0.15) is 52.7 Å². The van der Waals surface area contributed by atoms with Crippen LogP contribution < -0.4 is 4.74 Å². The van der Waals surface area contributed by atoms with Crippen molar-refractivity contribution in [2.75, 3.05) is 6.61 Å². The van der Waals surface area contributed by atoms with Gasteiger partial charge in [0.2, 0.25) is 0 Å². The monoisotopic (exact) mass is 291 g/mol. The number of unbranched alkanes of at least 4 members (excludes halogenated alkanes) is 2. The van der Waals surface area contributed by atoms with E-state index in [0.717, 1.165) is 43.7 Å². The number of para-hydroxylation sites is 1. The molecule has 0 fully saturated rings. The maximum atomic E-state index is 5.61. The van der Waals surface area contributed by atoms with E-state index in [1.54, 1.807) is 6.26 Å². The SMILES string of the molecule is CC.CC.c1ccc(OCCCCCc2ccon2)cc1. The Bertz CT molecular complexity index is 398. The topological polar surface area (TPSA) is 35.3 Å². The Morgan fingerprint density at radius 3 is 2.24 bits per heavy atom. The second kappa shape index (κ2) is 14.6. The van der Waals surface area contributed by atoms with Crippen molar-refractivity contribution in [3.05, 3.63) is 48.4 Å². The van der Waals surface area contributed by atoms with Gasteiger partial charge in [-0.25, -0.2) is 0 Å². The fourth-order valence-corrected chi connectivity index (χ4v) is 1.66. The van der Waals surface area contributed by atoms with E-state index < -0.39 is 0 Å². The van der Waals surface area contributed by atoms with Crippen LogP contribution in [0.2, 0.25) is 0 Å². The van der Waals surface area contributed by atoms with Crippen molar-refractivity contribution in [3.8, 4) is 5.75 Å². The van der Waals surface area contributed by atoms with Crippen molar-refractivity contribution in [2.45, 2.75) is 53.4 Å². The zero-order chi connectivity index (χ0) is 15.8. The van der Waals surface area contributed by atoms with E-state index in [0.29, 0.717) is 0 Å². The molecular weight excluding hydrogens is 262 g/mol. The van der Waals surface area contributed by atoms with Gasteiger partial charge < -0.3 is 9.26 Å². The smallest absolute Gasteiger partial charge is 0.124 e. The van der Waals surface area contributed by atoms with Crippen LogP contribution in [0.4, 0.5) is 0 Å². The molecule has 1 heterocycles. The standard InChI is InChI=1S/C14H17NO2.2C2H6/c1-4-8-14(9-5-1)16-11-6-2-3-7-13-10-12-17-15-13;2*1-2/h1,4-5,8-10,12H,2-3,6-7,11H2;2*1-2H3. The lowest BCUT2D eigenvalue weighted by atomic mass is 10.1. The Balaban J connectivity index is 0.000000921. The normalized spacial score (nSPS) is 8.95. The summed E-state index contributed by atoms with van der Waals surface area (Å²) in [6, 6.07) is 11.8. The van der Waals surface area contributed by atoms with Crippen LogP contribution in [0.15, 0.2) is 47.2 Å². The van der Waals surface area contributed by atoms with Crippen molar-refractivity contribution in [1.29, 1.82) is 0 Å². The molecule has 0 atom stereocenters. The molecule has 0 unspecified atom stereocenters. The highest BCUT2D eigenvalue weighted by atomic mass is 16.5. The lowest BCUT2D eigenvalue weighted by molar-refractivity contribution is 0.305. The minimum Gasteiger partial charge on any atom is -0.494 e. The first-order chi connectivity index (χ1) is 10.4. The van der Waals surface area contributed by atoms with Crippen molar-refractivity contribution in [3.63, 3.8) is 0 Å². The van der Waals surface area contributed by atoms with Gasteiger partial charge in [0.05, 0.1) is 12.3 Å². The Labute approximate surface area is 129 Å². The molecule has 118 valence electrons. The molecule has 1 aromatic heterocycles. The van der Waals surface area contributed by atoms with Crippen LogP contribution in [0, 0.1) is 0 Å². The number of aromatic nitrogens is 1. The summed E-state index contributed by atoms with van der Waals surface area (Å²) in [5.74, 6) is 0.948. The van der Waals surface area contributed by atoms with E-state index in [2.05, 4.69) is 5.16 Å². The summed E-state index contributed by atoms with van der Waals surface area (Å²) < 4.78 is 10.4. The fourth-order valence-electron chi connectivity index (χ4n) is 1.66. The van der Waals surface area contributed by atoms with Crippen LogP contribution in [-0.4, -0.2) is 11.8 Å². The summed E-state index contributed by atoms with van der Waals surface area (Å²) in [5, 5.41) is 3.88. The van der Waals surface area contributed by atoms with E-state index in [9.17, 15) is 0 Å². The molecule has 2 rings (SSSR count). The van der Waals surface area contributed by atoms with Gasteiger partial charge >= 0.3 is 0 Å². The molecule has 3 heteroatoms. The van der Waals surface area contributed by atoms with Crippen LogP contribution in [-0.2, 0) is 6.42 Å². The Morgan fingerprint density at radius 1 is 0.905 bits per heavy atom. The highest BCUT2D eigenvalue weighted by Gasteiger charge is 1.97. The highest BCUT2D eigenvalue weighted by Crippen LogP contribution is 2.10. The van der Waals surface area contributed by atoms with Crippen LogP contribution in [0.5, 0.6) is 5.75 Å². The van der Waals surface area contributed by atoms with E-state index >= 15 is 0 Å². The first-order valence-corrected chi connectivity index (χ1v) is 8.02. The van der Waals surface area contributed by atoms with Crippen LogP contribution in [0.25, 0.3) is 0 Å². The minimum absolute atomic E-state index is 0.781. The molecule has 0 spiro atoms. The molecule has 0 amide bonds. The zero-order valence-electron chi connectivity index (χ0n) is 13.8. The summed E-state index contributed by atoms with van der Waals surface area (Å²) in [6.45, 7) is 8.78. The summed E-state index contributed by atoms with van der Waals surface area (Å²) in [4.78, 5) is 0. The molecule has 0 saturated heterocycles. The highest BCUT2D eigenvalue weighted by molar-refractivity contribution is 5.20. The molecular formula is C18H29NO2. The molecule has 0 radical (unpaired) electrons. The first kappa shape index (κ1) is 19.2. The maximum Gasteiger partial charge on any atom is 0.124 e. The number of hydrogen-bond donors (Lipinski definition) is 0. The molecule has 1 aromatic carbocycles. The molecule has 0 N–H and O–H groups in total. The third-order valence-corrected chi connectivity index (χ3v) is 2.58. The number of rotatable bonds is 7. The van der Waals surface area contributed by atoms with Gasteiger partial charge in [0, 0.05) is 6.07 Å². The molecule has 21 heavy (non-hydrogen) atoms. The Kier molecular flexibility index (Phi) is 13.4. The fraction of sp³-hybridized carbons (Fsp3) is 0.500. The molecule has 0 saturated carbocycles. The average molecular weight is 291 g/mol. The summed E-state index contributed by atoms with van der Waals surface area (Å²) in [5.41, 5.74) is 1.04. The number of ether oxygens (including phenoxy) is 1. The third kappa shape index (κ3) is 9.72. The molecule has 0 aliphatic heterocycles. The van der Waals surface area contributed by atoms with Gasteiger partial charge in [0.1, 0.15) is 12.0 Å². The maximum absolute atomic E-state index is 5.61. The molecule has 0 aliphatic rings. The predicted octanol–water partition coefficient (Wildman–Crippen LogP) is 5.52. The summed E-state index contributed by atoms with van der Waals surface area (Å²) in [7, 11) is 0. The van der Waals surface area contributed by atoms with Gasteiger partial charge in [-0.15, -0.1) is 0 Å². The van der Waals surface area contributed by atoms with E-state index in [1.165, 1.54) is 0 Å². The van der Waals surface area contributed by atoms with Crippen LogP contribution >= 0.6 is 0 Å². The van der Waals surface area contributed by atoms with Gasteiger partial charge in [-0.2, -0.15) is 0 Å². The molecule has 2 aromatic rings. The summed E-state index contributed by atoms with van der Waals surface area (Å²) >= 11 is 0. The second-order valence-corrected chi connectivity index (χ2v) is 3.96. The van der Waals surface area contributed by atoms with Crippen LogP contribution in [0.3, 0.4) is 0 Å². The van der Waals surface area contributed by atoms with Gasteiger partial charge in [-0.1, -0.05) is 51.1 Å². The van der Waals surface area contributed by atoms with E-state index in [4.69, 9.17) is 9.26 Å². The quantitative estimate of drug-likeness (QED) is 0.630. The predicted molar refractivity (Wildman–Crippen MR) is 88.7 cm³/mol. The number of aryl methyl sites for hydroxylation is 1. The number of hydrogen-bond acceptors (Lipinski definition) is 3. The van der Waals surface area contributed by atoms with Gasteiger partial charge in [0.15, 0.2) is 0 Å². The number of benzene rings is 1. The van der Waals surface area contributed by atoms with E-state index in [-0.39, 0.29) is 0 Å². The number of nitrogens with zero attached hydrogens (tertiary/aromatic N) is 1. The van der Waals surface area contributed by atoms with Gasteiger partial charge in [-0.05, 0) is 37.8 Å². The lowest BCUT2D eigenvalue weighted by Crippen LogP contribution is -1.97. The molecule has 0 bridgehead atoms. The third-order valence-electron chi connectivity index (χ3n) is 2.58. The van der Waals surface area contributed by atoms with Crippen molar-refractivity contribution in [2.24, 2.45) is 0 Å². The van der Waals surface area contributed by atoms with Gasteiger partial charge in [-0.3, -0.25) is 0 Å². The first-order valence-electron chi connectivity index (χ1n) is 8.02. The lowest BCUT2D eigenvalue weighted by Gasteiger charge is -2.04. The average Bonchev–Trinajstić information content (AvgIpc) is 3.09. The zero-order valence-corrected chi connectivity index (χ0v) is 13.8. The van der Waals surface area contributed by atoms with Crippen molar-refractivity contribution in [1.82, 2.24) is 5.16 Å².